The van der Waals surface area contributed by atoms with Crippen molar-refractivity contribution in [1.29, 1.82) is 0 Å². The van der Waals surface area contributed by atoms with Gasteiger partial charge in [0.05, 0.1) is 46.8 Å². The second-order valence-electron chi connectivity index (χ2n) is 16.1. The maximum Gasteiger partial charge on any atom is 0.192 e. The molecule has 57 heavy (non-hydrogen) atoms. The maximum absolute atomic E-state index is 6.99. The fourth-order valence-electron chi connectivity index (χ4n) is 6.65. The van der Waals surface area contributed by atoms with Crippen molar-refractivity contribution < 1.29 is 47.1 Å². The number of benzene rings is 4. The molecule has 0 spiro atoms. The molecule has 0 aromatic heterocycles. The largest absolute Gasteiger partial charge is 0.497 e. The van der Waals surface area contributed by atoms with Gasteiger partial charge in [-0.05, 0) is 52.5 Å². The predicted molar refractivity (Wildman–Crippen MR) is 220 cm³/mol. The Labute approximate surface area is 339 Å². The topological polar surface area (TPSA) is 92.3 Å². The third-order valence-electron chi connectivity index (χ3n) is 11.0. The van der Waals surface area contributed by atoms with E-state index >= 15 is 0 Å². The summed E-state index contributed by atoms with van der Waals surface area (Å²) in [5.74, 6) is 0.789. The first-order valence-corrected chi connectivity index (χ1v) is 22.8. The Morgan fingerprint density at radius 2 is 0.982 bits per heavy atom. The normalized spacial score (nSPS) is 25.2. The third kappa shape index (κ3) is 11.8. The highest BCUT2D eigenvalue weighted by Gasteiger charge is 2.54. The van der Waals surface area contributed by atoms with Gasteiger partial charge in [0.1, 0.15) is 42.4 Å². The molecule has 0 bridgehead atoms. The molecule has 2 saturated heterocycles. The van der Waals surface area contributed by atoms with Crippen LogP contribution >= 0.6 is 0 Å². The summed E-state index contributed by atoms with van der Waals surface area (Å²) in [6, 6.07) is 38.0. The number of hydrogen-bond acceptors (Lipinski definition) is 10. The molecule has 308 valence electrons. The van der Waals surface area contributed by atoms with Crippen molar-refractivity contribution in [3.05, 3.63) is 138 Å². The molecule has 10 nitrogen and oxygen atoms in total. The van der Waals surface area contributed by atoms with E-state index in [1.807, 2.05) is 103 Å². The van der Waals surface area contributed by atoms with Crippen LogP contribution in [0.3, 0.4) is 0 Å². The van der Waals surface area contributed by atoms with Crippen LogP contribution < -0.4 is 4.74 Å². The Bertz CT molecular complexity index is 1740. The minimum atomic E-state index is -2.16. The van der Waals surface area contributed by atoms with Gasteiger partial charge in [-0.25, -0.2) is 0 Å². The van der Waals surface area contributed by atoms with Gasteiger partial charge in [-0.15, -0.1) is 0 Å². The standard InChI is InChI=1S/C46H60O10Si/c1-46(2,3)57(6,7)53-32-39-40(50-28-33-17-11-8-12-18-33)42(52-30-35-21-15-10-16-22-35)45(55-39)56-43-41(51-29-34-19-13-9-14-20-34)38(54-44(43)48-5)31-49-27-36-23-25-37(47-4)26-24-36/h8-26,38-45H,27-32H2,1-7H3/t38-,39-,40-,41-,42+,43+,44+,45+/m1/s1. The smallest absolute Gasteiger partial charge is 0.192 e. The maximum atomic E-state index is 6.99. The molecule has 0 amide bonds. The van der Waals surface area contributed by atoms with Gasteiger partial charge in [-0.1, -0.05) is 124 Å². The molecule has 0 aliphatic carbocycles. The molecule has 2 aliphatic rings. The van der Waals surface area contributed by atoms with Gasteiger partial charge in [0, 0.05) is 7.11 Å². The van der Waals surface area contributed by atoms with Crippen LogP contribution in [0.1, 0.15) is 43.0 Å². The lowest BCUT2D eigenvalue weighted by Gasteiger charge is -2.37. The monoisotopic (exact) mass is 800 g/mol. The van der Waals surface area contributed by atoms with Crippen molar-refractivity contribution in [2.24, 2.45) is 0 Å². The first kappa shape index (κ1) is 43.1. The summed E-state index contributed by atoms with van der Waals surface area (Å²) in [5.41, 5.74) is 4.10. The molecule has 6 rings (SSSR count). The molecule has 11 heteroatoms. The van der Waals surface area contributed by atoms with E-state index in [9.17, 15) is 0 Å². The van der Waals surface area contributed by atoms with Gasteiger partial charge in [0.25, 0.3) is 0 Å². The molecular formula is C46H60O10Si. The van der Waals surface area contributed by atoms with Crippen LogP contribution in [0.15, 0.2) is 115 Å². The van der Waals surface area contributed by atoms with Crippen LogP contribution in [0.2, 0.25) is 18.1 Å². The van der Waals surface area contributed by atoms with Crippen molar-refractivity contribution in [1.82, 2.24) is 0 Å². The fourth-order valence-corrected chi connectivity index (χ4v) is 7.66. The molecular weight excluding hydrogens is 741 g/mol. The van der Waals surface area contributed by atoms with E-state index in [1.54, 1.807) is 14.2 Å². The Morgan fingerprint density at radius 3 is 1.47 bits per heavy atom. The zero-order valence-corrected chi connectivity index (χ0v) is 35.4. The number of rotatable bonds is 20. The van der Waals surface area contributed by atoms with Crippen LogP contribution in [0.4, 0.5) is 0 Å². The Morgan fingerprint density at radius 1 is 0.526 bits per heavy atom. The van der Waals surface area contributed by atoms with Crippen LogP contribution in [0, 0.1) is 0 Å². The number of methoxy groups -OCH3 is 2. The van der Waals surface area contributed by atoms with Gasteiger partial charge in [-0.3, -0.25) is 0 Å². The lowest BCUT2D eigenvalue weighted by atomic mass is 10.1. The van der Waals surface area contributed by atoms with Crippen LogP contribution in [0.25, 0.3) is 0 Å². The van der Waals surface area contributed by atoms with Crippen molar-refractivity contribution >= 4 is 8.32 Å². The van der Waals surface area contributed by atoms with Crippen molar-refractivity contribution in [3.63, 3.8) is 0 Å². The van der Waals surface area contributed by atoms with E-state index in [1.165, 1.54) is 0 Å². The van der Waals surface area contributed by atoms with E-state index in [2.05, 4.69) is 46.0 Å². The summed E-state index contributed by atoms with van der Waals surface area (Å²) < 4.78 is 64.8. The average molecular weight is 801 g/mol. The highest BCUT2D eigenvalue weighted by atomic mass is 28.4. The van der Waals surface area contributed by atoms with E-state index in [0.717, 1.165) is 28.0 Å². The Kier molecular flexibility index (Phi) is 15.5. The van der Waals surface area contributed by atoms with Crippen LogP contribution in [-0.2, 0) is 68.7 Å². The lowest BCUT2D eigenvalue weighted by molar-refractivity contribution is -0.250. The van der Waals surface area contributed by atoms with Gasteiger partial charge >= 0.3 is 0 Å². The third-order valence-corrected chi connectivity index (χ3v) is 15.5. The first-order chi connectivity index (χ1) is 27.5. The SMILES string of the molecule is COc1ccc(COC[C@H]2O[C@H](OC)[C@@H](O[C@@H]3O[C@H](CO[Si](C)(C)C(C)(C)C)[C@@H](OCc4ccccc4)[C@@H]3OCc3ccccc3)[C@@H]2OCc2ccccc2)cc1. The van der Waals surface area contributed by atoms with Gasteiger partial charge in [0.2, 0.25) is 0 Å². The molecule has 2 fully saturated rings. The number of ether oxygens (including phenoxy) is 9. The molecule has 0 N–H and O–H groups in total. The molecule has 4 aromatic rings. The first-order valence-electron chi connectivity index (χ1n) is 19.8. The molecule has 8 atom stereocenters. The van der Waals surface area contributed by atoms with Gasteiger partial charge < -0.3 is 47.1 Å². The van der Waals surface area contributed by atoms with Crippen molar-refractivity contribution in [2.45, 2.75) is 115 Å². The Balaban J connectivity index is 1.26. The average Bonchev–Trinajstić information content (AvgIpc) is 3.74. The highest BCUT2D eigenvalue weighted by Crippen LogP contribution is 2.39. The van der Waals surface area contributed by atoms with Crippen molar-refractivity contribution in [2.75, 3.05) is 27.4 Å². The Hall–Kier alpha value is -3.46. The fraction of sp³-hybridized carbons (Fsp3) is 0.478. The summed E-state index contributed by atoms with van der Waals surface area (Å²) in [7, 11) is 1.10. The summed E-state index contributed by atoms with van der Waals surface area (Å²) in [6.45, 7) is 13.2. The van der Waals surface area contributed by atoms with Crippen molar-refractivity contribution in [3.8, 4) is 5.75 Å². The summed E-state index contributed by atoms with van der Waals surface area (Å²) in [4.78, 5) is 0. The molecule has 0 unspecified atom stereocenters. The minimum Gasteiger partial charge on any atom is -0.497 e. The number of hydrogen-bond donors (Lipinski definition) is 0. The zero-order chi connectivity index (χ0) is 40.3. The lowest BCUT2D eigenvalue weighted by Crippen LogP contribution is -2.46. The highest BCUT2D eigenvalue weighted by molar-refractivity contribution is 6.74. The van der Waals surface area contributed by atoms with E-state index in [4.69, 9.17) is 47.1 Å². The van der Waals surface area contributed by atoms with Gasteiger partial charge in [-0.2, -0.15) is 0 Å². The van der Waals surface area contributed by atoms with Crippen LogP contribution in [-0.4, -0.2) is 85.0 Å². The summed E-state index contributed by atoms with van der Waals surface area (Å²) in [6.07, 6.45) is -5.04. The van der Waals surface area contributed by atoms with E-state index < -0.39 is 57.5 Å². The minimum absolute atomic E-state index is 0.00571. The second-order valence-corrected chi connectivity index (χ2v) is 20.9. The molecule has 0 radical (unpaired) electrons. The molecule has 4 aromatic carbocycles. The quantitative estimate of drug-likeness (QED) is 0.0811. The molecule has 2 aliphatic heterocycles. The second kappa shape index (κ2) is 20.5. The van der Waals surface area contributed by atoms with E-state index in [-0.39, 0.29) is 11.6 Å². The van der Waals surface area contributed by atoms with Crippen LogP contribution in [0.5, 0.6) is 5.75 Å². The molecule has 2 heterocycles. The van der Waals surface area contributed by atoms with Gasteiger partial charge in [0.15, 0.2) is 20.9 Å². The predicted octanol–water partition coefficient (Wildman–Crippen LogP) is 8.47. The zero-order valence-electron chi connectivity index (χ0n) is 34.4. The van der Waals surface area contributed by atoms with E-state index in [0.29, 0.717) is 33.0 Å². The summed E-state index contributed by atoms with van der Waals surface area (Å²) in [5, 5.41) is 0.00571. The molecule has 0 saturated carbocycles. The summed E-state index contributed by atoms with van der Waals surface area (Å²) >= 11 is 0.